The summed E-state index contributed by atoms with van der Waals surface area (Å²) in [6, 6.07) is 8.98. The van der Waals surface area contributed by atoms with Crippen LogP contribution >= 0.6 is 0 Å². The Morgan fingerprint density at radius 3 is 2.90 bits per heavy atom. The predicted molar refractivity (Wildman–Crippen MR) is 70.7 cm³/mol. The summed E-state index contributed by atoms with van der Waals surface area (Å²) in [5.74, 6) is -0.225. The zero-order chi connectivity index (χ0) is 14.1. The van der Waals surface area contributed by atoms with Gasteiger partial charge in [-0.15, -0.1) is 0 Å². The summed E-state index contributed by atoms with van der Waals surface area (Å²) in [5, 5.41) is 9.67. The lowest BCUT2D eigenvalue weighted by atomic mass is 10.1. The SMILES string of the molecule is O=C(OCc1ccccc1)N1CCC(O)C[C@H]2[C@H](F)[C@H]21. The number of carbonyl (C=O) groups excluding carboxylic acids is 1. The number of ether oxygens (including phenoxy) is 1. The van der Waals surface area contributed by atoms with Crippen LogP contribution in [0.4, 0.5) is 9.18 Å². The molecule has 1 heterocycles. The van der Waals surface area contributed by atoms with Crippen LogP contribution < -0.4 is 0 Å². The van der Waals surface area contributed by atoms with E-state index in [0.29, 0.717) is 19.4 Å². The highest BCUT2D eigenvalue weighted by atomic mass is 19.1. The number of rotatable bonds is 2. The van der Waals surface area contributed by atoms with Crippen LogP contribution in [0.2, 0.25) is 0 Å². The zero-order valence-electron chi connectivity index (χ0n) is 11.1. The molecule has 1 amide bonds. The van der Waals surface area contributed by atoms with Crippen LogP contribution in [0.5, 0.6) is 0 Å². The highest BCUT2D eigenvalue weighted by Crippen LogP contribution is 2.45. The number of benzene rings is 1. The van der Waals surface area contributed by atoms with Crippen molar-refractivity contribution in [2.75, 3.05) is 6.54 Å². The topological polar surface area (TPSA) is 49.8 Å². The zero-order valence-corrected chi connectivity index (χ0v) is 11.1. The molecule has 1 N–H and O–H groups in total. The van der Waals surface area contributed by atoms with Gasteiger partial charge < -0.3 is 14.7 Å². The van der Waals surface area contributed by atoms with Crippen LogP contribution in [-0.2, 0) is 11.3 Å². The van der Waals surface area contributed by atoms with E-state index >= 15 is 0 Å². The molecule has 2 fully saturated rings. The number of hydrogen-bond acceptors (Lipinski definition) is 3. The highest BCUT2D eigenvalue weighted by molar-refractivity contribution is 5.69. The molecule has 1 aromatic rings. The summed E-state index contributed by atoms with van der Waals surface area (Å²) in [7, 11) is 0. The van der Waals surface area contributed by atoms with Gasteiger partial charge in [0.05, 0.1) is 12.1 Å². The fourth-order valence-electron chi connectivity index (χ4n) is 2.87. The lowest BCUT2D eigenvalue weighted by molar-refractivity contribution is 0.0850. The Morgan fingerprint density at radius 1 is 1.40 bits per heavy atom. The average Bonchev–Trinajstić information content (AvgIpc) is 3.12. The Morgan fingerprint density at radius 2 is 2.15 bits per heavy atom. The smallest absolute Gasteiger partial charge is 0.410 e. The average molecular weight is 279 g/mol. The first-order chi connectivity index (χ1) is 9.66. The van der Waals surface area contributed by atoms with E-state index in [2.05, 4.69) is 0 Å². The second-order valence-corrected chi connectivity index (χ2v) is 5.51. The van der Waals surface area contributed by atoms with Crippen molar-refractivity contribution < 1.29 is 19.0 Å². The minimum absolute atomic E-state index is 0.188. The van der Waals surface area contributed by atoms with Gasteiger partial charge in [-0.1, -0.05) is 30.3 Å². The second kappa shape index (κ2) is 5.40. The van der Waals surface area contributed by atoms with Crippen molar-refractivity contribution >= 4 is 6.09 Å². The third kappa shape index (κ3) is 2.63. The highest BCUT2D eigenvalue weighted by Gasteiger charge is 2.58. The van der Waals surface area contributed by atoms with Gasteiger partial charge in [0.1, 0.15) is 12.8 Å². The number of fused-ring (bicyclic) bond motifs is 1. The number of aliphatic hydroxyl groups is 1. The molecule has 1 unspecified atom stereocenters. The summed E-state index contributed by atoms with van der Waals surface area (Å²) in [5.41, 5.74) is 0.903. The molecule has 4 nitrogen and oxygen atoms in total. The molecule has 1 saturated carbocycles. The molecular weight excluding hydrogens is 261 g/mol. The van der Waals surface area contributed by atoms with E-state index in [9.17, 15) is 14.3 Å². The largest absolute Gasteiger partial charge is 0.445 e. The number of alkyl halides is 1. The molecule has 0 aromatic heterocycles. The van der Waals surface area contributed by atoms with Gasteiger partial charge in [-0.25, -0.2) is 9.18 Å². The van der Waals surface area contributed by atoms with Gasteiger partial charge in [-0.05, 0) is 18.4 Å². The Hall–Kier alpha value is -1.62. The summed E-state index contributed by atoms with van der Waals surface area (Å²) in [4.78, 5) is 13.5. The van der Waals surface area contributed by atoms with E-state index in [1.807, 2.05) is 30.3 Å². The van der Waals surface area contributed by atoms with E-state index in [1.165, 1.54) is 4.90 Å². The van der Waals surface area contributed by atoms with Gasteiger partial charge in [0.25, 0.3) is 0 Å². The molecule has 108 valence electrons. The Balaban J connectivity index is 1.59. The second-order valence-electron chi connectivity index (χ2n) is 5.51. The quantitative estimate of drug-likeness (QED) is 0.902. The van der Waals surface area contributed by atoms with Crippen molar-refractivity contribution in [2.24, 2.45) is 5.92 Å². The molecule has 2 aliphatic rings. The van der Waals surface area contributed by atoms with Gasteiger partial charge in [-0.3, -0.25) is 0 Å². The molecule has 0 bridgehead atoms. The lowest BCUT2D eigenvalue weighted by Gasteiger charge is -2.21. The number of halogens is 1. The molecule has 1 aliphatic heterocycles. The third-order valence-electron chi connectivity index (χ3n) is 4.08. The van der Waals surface area contributed by atoms with Gasteiger partial charge in [0.15, 0.2) is 0 Å². The fourth-order valence-corrected chi connectivity index (χ4v) is 2.87. The van der Waals surface area contributed by atoms with Crippen LogP contribution in [0.3, 0.4) is 0 Å². The van der Waals surface area contributed by atoms with E-state index < -0.39 is 24.4 Å². The molecule has 0 spiro atoms. The summed E-state index contributed by atoms with van der Waals surface area (Å²) in [6.07, 6.45) is -1.10. The molecule has 1 aromatic carbocycles. The number of nitrogens with zero attached hydrogens (tertiary/aromatic N) is 1. The Labute approximate surface area is 117 Å². The summed E-state index contributed by atoms with van der Waals surface area (Å²) >= 11 is 0. The maximum absolute atomic E-state index is 13.6. The van der Waals surface area contributed by atoms with E-state index in [1.54, 1.807) is 0 Å². The van der Waals surface area contributed by atoms with Crippen LogP contribution in [0, 0.1) is 5.92 Å². The summed E-state index contributed by atoms with van der Waals surface area (Å²) in [6.45, 7) is 0.545. The van der Waals surface area contributed by atoms with Crippen molar-refractivity contribution in [3.8, 4) is 0 Å². The minimum Gasteiger partial charge on any atom is -0.445 e. The monoisotopic (exact) mass is 279 g/mol. The number of likely N-dealkylation sites (tertiary alicyclic amines) is 1. The first-order valence-electron chi connectivity index (χ1n) is 6.96. The maximum Gasteiger partial charge on any atom is 0.410 e. The molecule has 3 rings (SSSR count). The first kappa shape index (κ1) is 13.4. The normalized spacial score (nSPS) is 32.2. The number of amides is 1. The van der Waals surface area contributed by atoms with E-state index in [-0.39, 0.29) is 12.5 Å². The van der Waals surface area contributed by atoms with Crippen LogP contribution in [0.25, 0.3) is 0 Å². The van der Waals surface area contributed by atoms with Crippen LogP contribution in [-0.4, -0.2) is 41.0 Å². The van der Waals surface area contributed by atoms with Crippen molar-refractivity contribution in [2.45, 2.75) is 37.8 Å². The van der Waals surface area contributed by atoms with Crippen molar-refractivity contribution in [1.82, 2.24) is 4.90 Å². The molecular formula is C15H18FNO3. The molecule has 20 heavy (non-hydrogen) atoms. The number of carbonyl (C=O) groups is 1. The fraction of sp³-hybridized carbons (Fsp3) is 0.533. The molecule has 4 atom stereocenters. The minimum atomic E-state index is -1.02. The Kier molecular flexibility index (Phi) is 3.61. The van der Waals surface area contributed by atoms with E-state index in [4.69, 9.17) is 4.74 Å². The maximum atomic E-state index is 13.6. The van der Waals surface area contributed by atoms with Crippen molar-refractivity contribution in [1.29, 1.82) is 0 Å². The van der Waals surface area contributed by atoms with E-state index in [0.717, 1.165) is 5.56 Å². The third-order valence-corrected chi connectivity index (χ3v) is 4.08. The number of hydrogen-bond donors (Lipinski definition) is 1. The number of aliphatic hydroxyl groups excluding tert-OH is 1. The predicted octanol–water partition coefficient (Wildman–Crippen LogP) is 2.12. The van der Waals surface area contributed by atoms with Crippen LogP contribution in [0.15, 0.2) is 30.3 Å². The van der Waals surface area contributed by atoms with Crippen molar-refractivity contribution in [3.05, 3.63) is 35.9 Å². The van der Waals surface area contributed by atoms with Gasteiger partial charge in [0.2, 0.25) is 0 Å². The lowest BCUT2D eigenvalue weighted by Crippen LogP contribution is -2.36. The van der Waals surface area contributed by atoms with Gasteiger partial charge in [-0.2, -0.15) is 0 Å². The van der Waals surface area contributed by atoms with Gasteiger partial charge in [0, 0.05) is 12.5 Å². The summed E-state index contributed by atoms with van der Waals surface area (Å²) < 4.78 is 18.9. The first-order valence-corrected chi connectivity index (χ1v) is 6.96. The Bertz CT molecular complexity index is 481. The van der Waals surface area contributed by atoms with Gasteiger partial charge >= 0.3 is 6.09 Å². The standard InChI is InChI=1S/C15H18FNO3/c16-13-12-8-11(18)6-7-17(14(12)13)15(19)20-9-10-4-2-1-3-5-10/h1-5,11-14,18H,6-9H2/t11?,12-,13-,14-/m0/s1. The van der Waals surface area contributed by atoms with Crippen LogP contribution in [0.1, 0.15) is 18.4 Å². The molecule has 0 radical (unpaired) electrons. The molecule has 1 saturated heterocycles. The van der Waals surface area contributed by atoms with Crippen molar-refractivity contribution in [3.63, 3.8) is 0 Å². The molecule has 1 aliphatic carbocycles. The molecule has 5 heteroatoms.